The maximum atomic E-state index is 12.4. The van der Waals surface area contributed by atoms with Crippen LogP contribution in [-0.4, -0.2) is 37.1 Å². The Morgan fingerprint density at radius 1 is 1.04 bits per heavy atom. The largest absolute Gasteiger partial charge is 0.494 e. The Balaban J connectivity index is 1.70. The van der Waals surface area contributed by atoms with Gasteiger partial charge in [-0.2, -0.15) is 0 Å². The quantitative estimate of drug-likeness (QED) is 0.477. The van der Waals surface area contributed by atoms with Gasteiger partial charge in [0.2, 0.25) is 0 Å². The van der Waals surface area contributed by atoms with Crippen LogP contribution in [0.1, 0.15) is 19.8 Å². The third kappa shape index (κ3) is 7.13. The molecular formula is C20H22Cl3NO3. The zero-order valence-corrected chi connectivity index (χ0v) is 17.5. The fourth-order valence-electron chi connectivity index (χ4n) is 2.40. The van der Waals surface area contributed by atoms with Crippen molar-refractivity contribution >= 4 is 40.7 Å². The van der Waals surface area contributed by atoms with Crippen molar-refractivity contribution in [2.75, 3.05) is 20.2 Å². The van der Waals surface area contributed by atoms with Crippen LogP contribution < -0.4 is 9.47 Å². The second kappa shape index (κ2) is 10.6. The van der Waals surface area contributed by atoms with Crippen molar-refractivity contribution < 1.29 is 14.3 Å². The van der Waals surface area contributed by atoms with E-state index in [0.717, 1.165) is 18.6 Å². The van der Waals surface area contributed by atoms with E-state index < -0.39 is 6.10 Å². The molecule has 0 N–H and O–H groups in total. The molecule has 0 aliphatic carbocycles. The molecule has 0 saturated carbocycles. The summed E-state index contributed by atoms with van der Waals surface area (Å²) >= 11 is 17.8. The molecule has 0 radical (unpaired) electrons. The lowest BCUT2D eigenvalue weighted by Gasteiger charge is -2.22. The van der Waals surface area contributed by atoms with Gasteiger partial charge in [0.05, 0.1) is 11.6 Å². The highest BCUT2D eigenvalue weighted by Gasteiger charge is 2.20. The minimum absolute atomic E-state index is 0.111. The highest BCUT2D eigenvalue weighted by atomic mass is 35.5. The van der Waals surface area contributed by atoms with Crippen molar-refractivity contribution in [1.29, 1.82) is 0 Å². The SMILES string of the molecule is CC(Oc1ccc(Cl)cc1Cl)C(=O)N(C)CCCCOc1ccc(Cl)cc1. The minimum Gasteiger partial charge on any atom is -0.494 e. The van der Waals surface area contributed by atoms with Crippen LogP contribution in [0.3, 0.4) is 0 Å². The number of halogens is 3. The third-order valence-corrected chi connectivity index (χ3v) is 4.67. The number of benzene rings is 2. The zero-order valence-electron chi connectivity index (χ0n) is 15.3. The van der Waals surface area contributed by atoms with Crippen LogP contribution in [0.4, 0.5) is 0 Å². The first-order valence-corrected chi connectivity index (χ1v) is 9.75. The van der Waals surface area contributed by atoms with Gasteiger partial charge in [-0.3, -0.25) is 4.79 Å². The number of nitrogens with zero attached hydrogens (tertiary/aromatic N) is 1. The lowest BCUT2D eigenvalue weighted by atomic mass is 10.2. The zero-order chi connectivity index (χ0) is 19.8. The maximum Gasteiger partial charge on any atom is 0.263 e. The number of amides is 1. The maximum absolute atomic E-state index is 12.4. The summed E-state index contributed by atoms with van der Waals surface area (Å²) in [6.45, 7) is 2.90. The number of carbonyl (C=O) groups excluding carboxylic acids is 1. The Morgan fingerprint density at radius 2 is 1.70 bits per heavy atom. The number of hydrogen-bond acceptors (Lipinski definition) is 3. The summed E-state index contributed by atoms with van der Waals surface area (Å²) in [4.78, 5) is 14.1. The molecule has 0 aromatic heterocycles. The van der Waals surface area contributed by atoms with Gasteiger partial charge in [-0.1, -0.05) is 34.8 Å². The summed E-state index contributed by atoms with van der Waals surface area (Å²) in [6, 6.07) is 12.2. The van der Waals surface area contributed by atoms with Gasteiger partial charge in [0, 0.05) is 23.6 Å². The molecular weight excluding hydrogens is 409 g/mol. The van der Waals surface area contributed by atoms with E-state index >= 15 is 0 Å². The molecule has 1 atom stereocenters. The first kappa shape index (κ1) is 21.7. The van der Waals surface area contributed by atoms with Crippen molar-refractivity contribution in [3.8, 4) is 11.5 Å². The van der Waals surface area contributed by atoms with Crippen LogP contribution in [0.25, 0.3) is 0 Å². The van der Waals surface area contributed by atoms with E-state index in [0.29, 0.717) is 34.0 Å². The topological polar surface area (TPSA) is 38.8 Å². The molecule has 2 rings (SSSR count). The number of likely N-dealkylation sites (N-methyl/N-ethyl adjacent to an activating group) is 1. The molecule has 0 aliphatic heterocycles. The molecule has 0 fully saturated rings. The molecule has 2 aromatic carbocycles. The van der Waals surface area contributed by atoms with Gasteiger partial charge in [-0.25, -0.2) is 0 Å². The van der Waals surface area contributed by atoms with Crippen molar-refractivity contribution in [3.63, 3.8) is 0 Å². The molecule has 0 aliphatic rings. The Kier molecular flexibility index (Phi) is 8.55. The smallest absolute Gasteiger partial charge is 0.263 e. The third-order valence-electron chi connectivity index (χ3n) is 3.89. The molecule has 146 valence electrons. The van der Waals surface area contributed by atoms with Gasteiger partial charge in [-0.05, 0) is 62.2 Å². The molecule has 0 spiro atoms. The lowest BCUT2D eigenvalue weighted by molar-refractivity contribution is -0.136. The van der Waals surface area contributed by atoms with E-state index in [-0.39, 0.29) is 5.91 Å². The number of hydrogen-bond donors (Lipinski definition) is 0. The second-order valence-corrected chi connectivity index (χ2v) is 7.38. The molecule has 1 unspecified atom stereocenters. The fraction of sp³-hybridized carbons (Fsp3) is 0.350. The van der Waals surface area contributed by atoms with Gasteiger partial charge in [0.1, 0.15) is 11.5 Å². The summed E-state index contributed by atoms with van der Waals surface area (Å²) in [6.07, 6.45) is 1.02. The van der Waals surface area contributed by atoms with Gasteiger partial charge in [0.15, 0.2) is 6.10 Å². The van der Waals surface area contributed by atoms with E-state index in [2.05, 4.69) is 0 Å². The first-order chi connectivity index (χ1) is 12.9. The molecule has 4 nitrogen and oxygen atoms in total. The summed E-state index contributed by atoms with van der Waals surface area (Å²) in [5.41, 5.74) is 0. The Morgan fingerprint density at radius 3 is 2.37 bits per heavy atom. The van der Waals surface area contributed by atoms with E-state index in [4.69, 9.17) is 44.3 Å². The highest BCUT2D eigenvalue weighted by molar-refractivity contribution is 6.35. The lowest BCUT2D eigenvalue weighted by Crippen LogP contribution is -2.38. The van der Waals surface area contributed by atoms with Gasteiger partial charge < -0.3 is 14.4 Å². The summed E-state index contributed by atoms with van der Waals surface area (Å²) in [5.74, 6) is 1.11. The Bertz CT molecular complexity index is 753. The summed E-state index contributed by atoms with van der Waals surface area (Å²) in [5, 5.41) is 1.58. The molecule has 1 amide bonds. The summed E-state index contributed by atoms with van der Waals surface area (Å²) < 4.78 is 11.3. The standard InChI is InChI=1S/C20H22Cl3NO3/c1-14(27-19-10-7-16(22)13-18(19)23)20(25)24(2)11-3-4-12-26-17-8-5-15(21)6-9-17/h5-10,13-14H,3-4,11-12H2,1-2H3. The van der Waals surface area contributed by atoms with Crippen molar-refractivity contribution in [2.24, 2.45) is 0 Å². The van der Waals surface area contributed by atoms with Crippen molar-refractivity contribution in [3.05, 3.63) is 57.5 Å². The molecule has 2 aromatic rings. The predicted octanol–water partition coefficient (Wildman–Crippen LogP) is 5.73. The van der Waals surface area contributed by atoms with Crippen LogP contribution in [-0.2, 0) is 4.79 Å². The number of rotatable bonds is 9. The number of unbranched alkanes of at least 4 members (excludes halogenated alkanes) is 1. The predicted molar refractivity (Wildman–Crippen MR) is 110 cm³/mol. The van der Waals surface area contributed by atoms with E-state index in [1.54, 1.807) is 49.2 Å². The van der Waals surface area contributed by atoms with E-state index in [1.807, 2.05) is 12.1 Å². The van der Waals surface area contributed by atoms with Crippen LogP contribution in [0.5, 0.6) is 11.5 Å². The average Bonchev–Trinajstić information content (AvgIpc) is 2.64. The summed E-state index contributed by atoms with van der Waals surface area (Å²) in [7, 11) is 1.76. The van der Waals surface area contributed by atoms with Crippen molar-refractivity contribution in [1.82, 2.24) is 4.90 Å². The molecule has 0 heterocycles. The fourth-order valence-corrected chi connectivity index (χ4v) is 2.98. The number of ether oxygens (including phenoxy) is 2. The van der Waals surface area contributed by atoms with Crippen LogP contribution in [0, 0.1) is 0 Å². The van der Waals surface area contributed by atoms with Crippen LogP contribution in [0.15, 0.2) is 42.5 Å². The molecule has 0 saturated heterocycles. The van der Waals surface area contributed by atoms with Gasteiger partial charge in [0.25, 0.3) is 5.91 Å². The van der Waals surface area contributed by atoms with Gasteiger partial charge >= 0.3 is 0 Å². The number of carbonyl (C=O) groups is 1. The second-order valence-electron chi connectivity index (χ2n) is 6.10. The minimum atomic E-state index is -0.640. The normalized spacial score (nSPS) is 11.7. The van der Waals surface area contributed by atoms with Crippen LogP contribution >= 0.6 is 34.8 Å². The van der Waals surface area contributed by atoms with Crippen LogP contribution in [0.2, 0.25) is 15.1 Å². The Labute approximate surface area is 174 Å². The van der Waals surface area contributed by atoms with E-state index in [9.17, 15) is 4.79 Å². The Hall–Kier alpha value is -1.62. The molecule has 27 heavy (non-hydrogen) atoms. The van der Waals surface area contributed by atoms with Gasteiger partial charge in [-0.15, -0.1) is 0 Å². The monoisotopic (exact) mass is 429 g/mol. The first-order valence-electron chi connectivity index (χ1n) is 8.62. The highest BCUT2D eigenvalue weighted by Crippen LogP contribution is 2.28. The average molecular weight is 431 g/mol. The van der Waals surface area contributed by atoms with Crippen molar-refractivity contribution in [2.45, 2.75) is 25.9 Å². The molecule has 0 bridgehead atoms. The molecule has 7 heteroatoms. The van der Waals surface area contributed by atoms with E-state index in [1.165, 1.54) is 0 Å².